The van der Waals surface area contributed by atoms with E-state index in [1.165, 1.54) is 16.7 Å². The first-order valence-electron chi connectivity index (χ1n) is 8.91. The highest BCUT2D eigenvalue weighted by Crippen LogP contribution is 2.26. The van der Waals surface area contributed by atoms with Crippen LogP contribution in [0.2, 0.25) is 5.02 Å². The Bertz CT molecular complexity index is 878. The maximum Gasteiger partial charge on any atom is 0.316 e. The van der Waals surface area contributed by atoms with Crippen LogP contribution in [0.25, 0.3) is 0 Å². The molecule has 3 rings (SSSR count). The molecule has 1 aliphatic heterocycles. The van der Waals surface area contributed by atoms with E-state index in [9.17, 15) is 8.42 Å². The second-order valence-corrected chi connectivity index (χ2v) is 10.1. The average Bonchev–Trinajstić information content (AvgIpc) is 2.63. The van der Waals surface area contributed by atoms with Gasteiger partial charge in [-0.15, -0.1) is 0 Å². The van der Waals surface area contributed by atoms with Crippen LogP contribution in [-0.4, -0.2) is 41.9 Å². The van der Waals surface area contributed by atoms with Gasteiger partial charge in [0.1, 0.15) is 6.10 Å². The third-order valence-electron chi connectivity index (χ3n) is 4.57. The largest absolute Gasteiger partial charge is 0.459 e. The summed E-state index contributed by atoms with van der Waals surface area (Å²) in [5.41, 5.74) is 1.08. The summed E-state index contributed by atoms with van der Waals surface area (Å²) in [6.07, 6.45) is 4.10. The quantitative estimate of drug-likeness (QED) is 0.770. The van der Waals surface area contributed by atoms with Gasteiger partial charge < -0.3 is 4.74 Å². The van der Waals surface area contributed by atoms with Crippen LogP contribution in [0.4, 0.5) is 0 Å². The second kappa shape index (κ2) is 7.73. The Balaban J connectivity index is 1.73. The monoisotopic (exact) mass is 409 g/mol. The van der Waals surface area contributed by atoms with E-state index < -0.39 is 10.0 Å². The lowest BCUT2D eigenvalue weighted by atomic mass is 9.87. The number of hydrogen-bond acceptors (Lipinski definition) is 5. The Morgan fingerprint density at radius 1 is 1.15 bits per heavy atom. The van der Waals surface area contributed by atoms with E-state index in [-0.39, 0.29) is 24.1 Å². The number of piperidine rings is 1. The molecule has 8 heteroatoms. The third-order valence-corrected chi connectivity index (χ3v) is 6.64. The number of rotatable bonds is 4. The minimum absolute atomic E-state index is 0.0229. The molecule has 0 bridgehead atoms. The summed E-state index contributed by atoms with van der Waals surface area (Å²) in [5.74, 6) is 0. The topological polar surface area (TPSA) is 72.4 Å². The highest BCUT2D eigenvalue weighted by molar-refractivity contribution is 7.89. The van der Waals surface area contributed by atoms with E-state index >= 15 is 0 Å². The van der Waals surface area contributed by atoms with Crippen molar-refractivity contribution in [3.8, 4) is 6.01 Å². The van der Waals surface area contributed by atoms with Crippen molar-refractivity contribution in [2.45, 2.75) is 50.0 Å². The van der Waals surface area contributed by atoms with Gasteiger partial charge >= 0.3 is 6.01 Å². The van der Waals surface area contributed by atoms with Gasteiger partial charge in [-0.1, -0.05) is 44.5 Å². The minimum Gasteiger partial charge on any atom is -0.459 e. The van der Waals surface area contributed by atoms with Gasteiger partial charge in [0.05, 0.1) is 28.9 Å². The van der Waals surface area contributed by atoms with Gasteiger partial charge in [-0.2, -0.15) is 4.31 Å². The van der Waals surface area contributed by atoms with Crippen LogP contribution in [0, 0.1) is 0 Å². The molecule has 1 aromatic heterocycles. The molecule has 27 heavy (non-hydrogen) atoms. The Labute approximate surface area is 165 Å². The zero-order valence-electron chi connectivity index (χ0n) is 15.7. The molecule has 1 atom stereocenters. The summed E-state index contributed by atoms with van der Waals surface area (Å²) >= 11 is 5.78. The Morgan fingerprint density at radius 2 is 1.78 bits per heavy atom. The van der Waals surface area contributed by atoms with Gasteiger partial charge in [-0.3, -0.25) is 0 Å². The molecular weight excluding hydrogens is 386 g/mol. The molecule has 0 saturated carbocycles. The SMILES string of the molecule is CC(C)(C)c1ccc(S(=O)(=O)N2CCCC(Oc3ncc(Cl)cn3)C2)cc1. The van der Waals surface area contributed by atoms with Crippen LogP contribution < -0.4 is 4.74 Å². The predicted octanol–water partition coefficient (Wildman–Crippen LogP) is 3.66. The summed E-state index contributed by atoms with van der Waals surface area (Å²) in [5, 5.41) is 0.425. The number of hydrogen-bond donors (Lipinski definition) is 0. The van der Waals surface area contributed by atoms with Crippen molar-refractivity contribution in [1.82, 2.24) is 14.3 Å². The summed E-state index contributed by atoms with van der Waals surface area (Å²) in [6, 6.07) is 7.34. The Kier molecular flexibility index (Phi) is 5.74. The van der Waals surface area contributed by atoms with Crippen molar-refractivity contribution in [2.24, 2.45) is 0 Å². The zero-order valence-corrected chi connectivity index (χ0v) is 17.3. The van der Waals surface area contributed by atoms with E-state index in [0.29, 0.717) is 16.5 Å². The average molecular weight is 410 g/mol. The summed E-state index contributed by atoms with van der Waals surface area (Å²) in [4.78, 5) is 8.34. The standard InChI is InChI=1S/C19H24ClN3O3S/c1-19(2,3)14-6-8-17(9-7-14)27(24,25)23-10-4-5-16(13-23)26-18-21-11-15(20)12-22-18/h6-9,11-12,16H,4-5,10,13H2,1-3H3. The maximum absolute atomic E-state index is 13.0. The van der Waals surface area contributed by atoms with Crippen molar-refractivity contribution < 1.29 is 13.2 Å². The first kappa shape index (κ1) is 20.0. The second-order valence-electron chi connectivity index (χ2n) is 7.70. The molecule has 0 N–H and O–H groups in total. The summed E-state index contributed by atoms with van der Waals surface area (Å²) in [7, 11) is -3.56. The van der Waals surface area contributed by atoms with E-state index in [4.69, 9.17) is 16.3 Å². The van der Waals surface area contributed by atoms with Crippen LogP contribution in [0.5, 0.6) is 6.01 Å². The Morgan fingerprint density at radius 3 is 2.37 bits per heavy atom. The third kappa shape index (κ3) is 4.78. The molecule has 0 aliphatic carbocycles. The number of halogens is 1. The Hall–Kier alpha value is -1.70. The molecule has 2 heterocycles. The van der Waals surface area contributed by atoms with Crippen molar-refractivity contribution in [3.05, 3.63) is 47.2 Å². The van der Waals surface area contributed by atoms with Crippen molar-refractivity contribution >= 4 is 21.6 Å². The molecule has 1 aromatic carbocycles. The lowest BCUT2D eigenvalue weighted by molar-refractivity contribution is 0.119. The van der Waals surface area contributed by atoms with Gasteiger partial charge in [0.15, 0.2) is 0 Å². The molecule has 0 spiro atoms. The fourth-order valence-electron chi connectivity index (χ4n) is 3.01. The van der Waals surface area contributed by atoms with E-state index in [1.54, 1.807) is 12.1 Å². The molecule has 0 radical (unpaired) electrons. The van der Waals surface area contributed by atoms with E-state index in [0.717, 1.165) is 18.4 Å². The van der Waals surface area contributed by atoms with E-state index in [1.807, 2.05) is 12.1 Å². The van der Waals surface area contributed by atoms with Gasteiger partial charge in [-0.05, 0) is 36.0 Å². The molecule has 2 aromatic rings. The van der Waals surface area contributed by atoms with Gasteiger partial charge in [0.2, 0.25) is 10.0 Å². The molecule has 6 nitrogen and oxygen atoms in total. The molecule has 146 valence electrons. The lowest BCUT2D eigenvalue weighted by Gasteiger charge is -2.31. The first-order chi connectivity index (χ1) is 12.7. The fraction of sp³-hybridized carbons (Fsp3) is 0.474. The lowest BCUT2D eigenvalue weighted by Crippen LogP contribution is -2.44. The summed E-state index contributed by atoms with van der Waals surface area (Å²) < 4.78 is 33.2. The zero-order chi connectivity index (χ0) is 19.7. The van der Waals surface area contributed by atoms with Crippen LogP contribution in [0.1, 0.15) is 39.2 Å². The first-order valence-corrected chi connectivity index (χ1v) is 10.7. The normalized spacial score (nSPS) is 19.0. The van der Waals surface area contributed by atoms with Gasteiger partial charge in [0, 0.05) is 6.54 Å². The molecular formula is C19H24ClN3O3S. The van der Waals surface area contributed by atoms with Crippen LogP contribution >= 0.6 is 11.6 Å². The number of benzene rings is 1. The molecule has 0 amide bonds. The highest BCUT2D eigenvalue weighted by atomic mass is 35.5. The maximum atomic E-state index is 13.0. The van der Waals surface area contributed by atoms with Crippen molar-refractivity contribution in [3.63, 3.8) is 0 Å². The molecule has 1 unspecified atom stereocenters. The fourth-order valence-corrected chi connectivity index (χ4v) is 4.61. The molecule has 1 fully saturated rings. The highest BCUT2D eigenvalue weighted by Gasteiger charge is 2.31. The van der Waals surface area contributed by atoms with Crippen LogP contribution in [0.15, 0.2) is 41.6 Å². The number of nitrogens with zero attached hydrogens (tertiary/aromatic N) is 3. The predicted molar refractivity (Wildman–Crippen MR) is 105 cm³/mol. The summed E-state index contributed by atoms with van der Waals surface area (Å²) in [6.45, 7) is 7.05. The van der Waals surface area contributed by atoms with Crippen molar-refractivity contribution in [1.29, 1.82) is 0 Å². The minimum atomic E-state index is -3.56. The number of ether oxygens (including phenoxy) is 1. The van der Waals surface area contributed by atoms with Gasteiger partial charge in [0.25, 0.3) is 0 Å². The van der Waals surface area contributed by atoms with Crippen molar-refractivity contribution in [2.75, 3.05) is 13.1 Å². The number of sulfonamides is 1. The van der Waals surface area contributed by atoms with Crippen LogP contribution in [0.3, 0.4) is 0 Å². The molecule has 1 aliphatic rings. The molecule has 1 saturated heterocycles. The number of aromatic nitrogens is 2. The van der Waals surface area contributed by atoms with Gasteiger partial charge in [-0.25, -0.2) is 18.4 Å². The smallest absolute Gasteiger partial charge is 0.316 e. The van der Waals surface area contributed by atoms with E-state index in [2.05, 4.69) is 30.7 Å². The van der Waals surface area contributed by atoms with Crippen LogP contribution in [-0.2, 0) is 15.4 Å².